The molecule has 0 bridgehead atoms. The summed E-state index contributed by atoms with van der Waals surface area (Å²) in [5, 5.41) is 16.1. The van der Waals surface area contributed by atoms with Crippen molar-refractivity contribution >= 4 is 11.7 Å². The van der Waals surface area contributed by atoms with Gasteiger partial charge in [0.1, 0.15) is 5.82 Å². The number of aromatic nitrogens is 2. The number of nitrogens with zero attached hydrogens (tertiary/aromatic N) is 3. The van der Waals surface area contributed by atoms with Crippen LogP contribution >= 0.6 is 0 Å². The summed E-state index contributed by atoms with van der Waals surface area (Å²) in [7, 11) is 0. The number of aliphatic hydroxyl groups excluding tert-OH is 1. The second-order valence-corrected chi connectivity index (χ2v) is 5.23. The van der Waals surface area contributed by atoms with E-state index in [0.717, 1.165) is 18.7 Å². The zero-order valence-corrected chi connectivity index (χ0v) is 11.5. The maximum absolute atomic E-state index is 12.0. The van der Waals surface area contributed by atoms with Gasteiger partial charge in [0.25, 0.3) is 0 Å². The van der Waals surface area contributed by atoms with Crippen LogP contribution in [0.15, 0.2) is 12.3 Å². The fourth-order valence-corrected chi connectivity index (χ4v) is 2.15. The second-order valence-electron chi connectivity index (χ2n) is 5.23. The molecular formula is C13H22N4O2. The first-order valence-corrected chi connectivity index (χ1v) is 6.80. The van der Waals surface area contributed by atoms with Crippen LogP contribution in [-0.2, 0) is 4.79 Å². The third-order valence-corrected chi connectivity index (χ3v) is 3.22. The topological polar surface area (TPSA) is 70.4 Å². The Morgan fingerprint density at radius 1 is 1.63 bits per heavy atom. The summed E-state index contributed by atoms with van der Waals surface area (Å²) in [6.07, 6.45) is 3.93. The number of carbonyl (C=O) groups is 1. The molecular weight excluding hydrogens is 244 g/mol. The third-order valence-electron chi connectivity index (χ3n) is 3.22. The van der Waals surface area contributed by atoms with E-state index in [1.54, 1.807) is 16.9 Å². The zero-order valence-electron chi connectivity index (χ0n) is 11.5. The minimum atomic E-state index is -0.0530. The highest BCUT2D eigenvalue weighted by molar-refractivity contribution is 5.91. The molecule has 2 rings (SSSR count). The van der Waals surface area contributed by atoms with Crippen LogP contribution in [0.1, 0.15) is 32.7 Å². The lowest BCUT2D eigenvalue weighted by Gasteiger charge is -2.20. The first kappa shape index (κ1) is 14.0. The first-order chi connectivity index (χ1) is 9.11. The van der Waals surface area contributed by atoms with Gasteiger partial charge in [-0.05, 0) is 26.7 Å². The van der Waals surface area contributed by atoms with Crippen LogP contribution in [0.2, 0.25) is 0 Å². The minimum Gasteiger partial charge on any atom is -0.395 e. The molecule has 1 saturated carbocycles. The molecule has 19 heavy (non-hydrogen) atoms. The van der Waals surface area contributed by atoms with Crippen molar-refractivity contribution in [2.75, 3.05) is 25.0 Å². The summed E-state index contributed by atoms with van der Waals surface area (Å²) in [5.74, 6) is 0.669. The lowest BCUT2D eigenvalue weighted by atomic mass is 10.4. The van der Waals surface area contributed by atoms with Crippen molar-refractivity contribution in [2.24, 2.45) is 0 Å². The number of rotatable bonds is 7. The Bertz CT molecular complexity index is 426. The van der Waals surface area contributed by atoms with Crippen LogP contribution in [0.25, 0.3) is 0 Å². The van der Waals surface area contributed by atoms with Crippen molar-refractivity contribution in [3.05, 3.63) is 12.3 Å². The number of hydrogen-bond acceptors (Lipinski definition) is 4. The van der Waals surface area contributed by atoms with Crippen LogP contribution in [-0.4, -0.2) is 51.4 Å². The molecule has 6 nitrogen and oxygen atoms in total. The molecule has 106 valence electrons. The van der Waals surface area contributed by atoms with E-state index in [9.17, 15) is 4.79 Å². The van der Waals surface area contributed by atoms with E-state index in [1.165, 1.54) is 0 Å². The van der Waals surface area contributed by atoms with Gasteiger partial charge in [-0.25, -0.2) is 4.68 Å². The standard InChI is InChI=1S/C13H22N4O2/c1-10(2)17-12(5-6-14-17)15-13(19)9-16(7-8-18)11-3-4-11/h5-6,10-11,18H,3-4,7-9H2,1-2H3,(H,15,19). The molecule has 0 aliphatic heterocycles. The Hall–Kier alpha value is -1.40. The van der Waals surface area contributed by atoms with E-state index in [1.807, 2.05) is 18.7 Å². The van der Waals surface area contributed by atoms with E-state index in [0.29, 0.717) is 19.1 Å². The Morgan fingerprint density at radius 3 is 2.95 bits per heavy atom. The van der Waals surface area contributed by atoms with Gasteiger partial charge in [-0.3, -0.25) is 9.69 Å². The molecule has 0 spiro atoms. The predicted octanol–water partition coefficient (Wildman–Crippen LogP) is 0.859. The Balaban J connectivity index is 1.91. The number of aliphatic hydroxyl groups is 1. The molecule has 0 atom stereocenters. The van der Waals surface area contributed by atoms with Gasteiger partial charge >= 0.3 is 0 Å². The monoisotopic (exact) mass is 266 g/mol. The summed E-state index contributed by atoms with van der Waals surface area (Å²) in [6, 6.07) is 2.47. The van der Waals surface area contributed by atoms with Crippen LogP contribution in [0.3, 0.4) is 0 Å². The average Bonchev–Trinajstić information content (AvgIpc) is 3.09. The fourth-order valence-electron chi connectivity index (χ4n) is 2.15. The highest BCUT2D eigenvalue weighted by atomic mass is 16.3. The molecule has 2 N–H and O–H groups in total. The Labute approximate surface area is 113 Å². The van der Waals surface area contributed by atoms with Gasteiger partial charge in [-0.2, -0.15) is 5.10 Å². The van der Waals surface area contributed by atoms with E-state index in [2.05, 4.69) is 10.4 Å². The van der Waals surface area contributed by atoms with Gasteiger partial charge in [-0.1, -0.05) is 0 Å². The van der Waals surface area contributed by atoms with Crippen molar-refractivity contribution in [1.82, 2.24) is 14.7 Å². The lowest BCUT2D eigenvalue weighted by molar-refractivity contribution is -0.117. The molecule has 0 unspecified atom stereocenters. The van der Waals surface area contributed by atoms with Gasteiger partial charge in [0.15, 0.2) is 0 Å². The van der Waals surface area contributed by atoms with Gasteiger partial charge in [-0.15, -0.1) is 0 Å². The van der Waals surface area contributed by atoms with Gasteiger partial charge in [0.05, 0.1) is 19.3 Å². The molecule has 1 aliphatic carbocycles. The maximum atomic E-state index is 12.0. The molecule has 1 aliphatic rings. The smallest absolute Gasteiger partial charge is 0.239 e. The van der Waals surface area contributed by atoms with Gasteiger partial charge < -0.3 is 10.4 Å². The van der Waals surface area contributed by atoms with E-state index in [-0.39, 0.29) is 18.6 Å². The van der Waals surface area contributed by atoms with Crippen molar-refractivity contribution in [1.29, 1.82) is 0 Å². The molecule has 1 aromatic heterocycles. The number of amides is 1. The molecule has 0 aromatic carbocycles. The van der Waals surface area contributed by atoms with Crippen LogP contribution in [0, 0.1) is 0 Å². The van der Waals surface area contributed by atoms with E-state index >= 15 is 0 Å². The van der Waals surface area contributed by atoms with Gasteiger partial charge in [0.2, 0.25) is 5.91 Å². The SMILES string of the molecule is CC(C)n1nccc1NC(=O)CN(CCO)C1CC1. The fraction of sp³-hybridized carbons (Fsp3) is 0.692. The normalized spacial score (nSPS) is 15.2. The molecule has 6 heteroatoms. The number of hydrogen-bond donors (Lipinski definition) is 2. The van der Waals surface area contributed by atoms with Crippen LogP contribution in [0.5, 0.6) is 0 Å². The minimum absolute atomic E-state index is 0.0530. The van der Waals surface area contributed by atoms with E-state index in [4.69, 9.17) is 5.11 Å². The predicted molar refractivity (Wildman–Crippen MR) is 72.9 cm³/mol. The summed E-state index contributed by atoms with van der Waals surface area (Å²) in [5.41, 5.74) is 0. The maximum Gasteiger partial charge on any atom is 0.239 e. The summed E-state index contributed by atoms with van der Waals surface area (Å²) < 4.78 is 1.78. The highest BCUT2D eigenvalue weighted by Gasteiger charge is 2.29. The molecule has 1 fully saturated rings. The number of nitrogens with one attached hydrogen (secondary N) is 1. The summed E-state index contributed by atoms with van der Waals surface area (Å²) in [6.45, 7) is 5.01. The second kappa shape index (κ2) is 6.16. The van der Waals surface area contributed by atoms with Crippen LogP contribution in [0.4, 0.5) is 5.82 Å². The third kappa shape index (κ3) is 3.78. The van der Waals surface area contributed by atoms with Crippen LogP contribution < -0.4 is 5.32 Å². The zero-order chi connectivity index (χ0) is 13.8. The lowest BCUT2D eigenvalue weighted by Crippen LogP contribution is -2.37. The number of carbonyl (C=O) groups excluding carboxylic acids is 1. The first-order valence-electron chi connectivity index (χ1n) is 6.80. The summed E-state index contributed by atoms with van der Waals surface area (Å²) >= 11 is 0. The largest absolute Gasteiger partial charge is 0.395 e. The average molecular weight is 266 g/mol. The Morgan fingerprint density at radius 2 is 2.37 bits per heavy atom. The van der Waals surface area contributed by atoms with Crippen molar-refractivity contribution in [2.45, 2.75) is 38.8 Å². The molecule has 0 radical (unpaired) electrons. The molecule has 0 saturated heterocycles. The van der Waals surface area contributed by atoms with Gasteiger partial charge in [0, 0.05) is 24.7 Å². The molecule has 1 heterocycles. The van der Waals surface area contributed by atoms with Crippen molar-refractivity contribution < 1.29 is 9.90 Å². The highest BCUT2D eigenvalue weighted by Crippen LogP contribution is 2.26. The number of anilines is 1. The molecule has 1 amide bonds. The van der Waals surface area contributed by atoms with Crippen molar-refractivity contribution in [3.63, 3.8) is 0 Å². The van der Waals surface area contributed by atoms with E-state index < -0.39 is 0 Å². The Kier molecular flexibility index (Phi) is 4.55. The van der Waals surface area contributed by atoms with Crippen molar-refractivity contribution in [3.8, 4) is 0 Å². The quantitative estimate of drug-likeness (QED) is 0.768. The molecule has 1 aromatic rings. The summed E-state index contributed by atoms with van der Waals surface area (Å²) in [4.78, 5) is 14.1.